The summed E-state index contributed by atoms with van der Waals surface area (Å²) >= 11 is 0. The summed E-state index contributed by atoms with van der Waals surface area (Å²) in [5.74, 6) is -0.0318. The first kappa shape index (κ1) is 17.0. The van der Waals surface area contributed by atoms with E-state index in [1.165, 1.54) is 0 Å². The van der Waals surface area contributed by atoms with Crippen molar-refractivity contribution in [3.63, 3.8) is 0 Å². The third kappa shape index (κ3) is 2.92. The predicted molar refractivity (Wildman–Crippen MR) is 82.2 cm³/mol. The largest absolute Gasteiger partial charge is 0.487 e. The second kappa shape index (κ2) is 6.42. The Morgan fingerprint density at radius 1 is 1.23 bits per heavy atom. The zero-order chi connectivity index (χ0) is 16.5. The zero-order valence-corrected chi connectivity index (χ0v) is 14.0. The summed E-state index contributed by atoms with van der Waals surface area (Å²) in [6.45, 7) is 7.39. The van der Waals surface area contributed by atoms with Crippen LogP contribution in [0.15, 0.2) is 23.2 Å². The van der Waals surface area contributed by atoms with Crippen molar-refractivity contribution in [1.29, 1.82) is 0 Å². The predicted octanol–water partition coefficient (Wildman–Crippen LogP) is 2.49. The van der Waals surface area contributed by atoms with E-state index in [1.54, 1.807) is 7.11 Å². The summed E-state index contributed by atoms with van der Waals surface area (Å²) in [6.07, 6.45) is 3.89. The minimum absolute atomic E-state index is 0.0732. The SMILES string of the molecule is CO[C@@H]1C=C([C@@]2(O)C(=O)C(OC(C)C)=C2OC(C)C)CCC1. The molecule has 0 heterocycles. The van der Waals surface area contributed by atoms with Crippen molar-refractivity contribution in [3.8, 4) is 0 Å². The molecule has 0 aliphatic heterocycles. The minimum atomic E-state index is -1.69. The first-order valence-electron chi connectivity index (χ1n) is 7.89. The van der Waals surface area contributed by atoms with Crippen molar-refractivity contribution < 1.29 is 24.1 Å². The quantitative estimate of drug-likeness (QED) is 0.764. The van der Waals surface area contributed by atoms with Gasteiger partial charge in [-0.15, -0.1) is 0 Å². The number of Topliss-reactive ketones (excluding diaryl/α,β-unsaturated/α-hetero) is 1. The second-order valence-electron chi connectivity index (χ2n) is 6.39. The first-order valence-corrected chi connectivity index (χ1v) is 7.89. The summed E-state index contributed by atoms with van der Waals surface area (Å²) in [4.78, 5) is 12.5. The van der Waals surface area contributed by atoms with Crippen molar-refractivity contribution in [2.75, 3.05) is 7.11 Å². The summed E-state index contributed by atoms with van der Waals surface area (Å²) in [5, 5.41) is 11.0. The monoisotopic (exact) mass is 310 g/mol. The van der Waals surface area contributed by atoms with Crippen molar-refractivity contribution in [1.82, 2.24) is 0 Å². The molecule has 0 amide bonds. The molecule has 2 rings (SSSR count). The molecule has 5 nitrogen and oxygen atoms in total. The Labute approximate surface area is 131 Å². The molecule has 2 aliphatic carbocycles. The standard InChI is InChI=1S/C17H26O5/c1-10(2)21-14-15(18)17(19,16(14)22-11(3)4)12-7-6-8-13(9-12)20-5/h9-11,13,19H,6-8H2,1-5H3/t13-,17+/m0/s1. The number of carbonyl (C=O) groups is 1. The molecule has 1 N–H and O–H groups in total. The van der Waals surface area contributed by atoms with Crippen LogP contribution in [-0.4, -0.2) is 41.9 Å². The Kier molecular flexibility index (Phi) is 4.97. The second-order valence-corrected chi connectivity index (χ2v) is 6.39. The van der Waals surface area contributed by atoms with Crippen LogP contribution in [0.25, 0.3) is 0 Å². The molecule has 124 valence electrons. The van der Waals surface area contributed by atoms with Gasteiger partial charge in [0, 0.05) is 7.11 Å². The van der Waals surface area contributed by atoms with E-state index in [0.29, 0.717) is 12.0 Å². The Morgan fingerprint density at radius 3 is 2.41 bits per heavy atom. The smallest absolute Gasteiger partial charge is 0.244 e. The maximum absolute atomic E-state index is 12.5. The summed E-state index contributed by atoms with van der Waals surface area (Å²) < 4.78 is 16.6. The van der Waals surface area contributed by atoms with E-state index < -0.39 is 11.4 Å². The third-order valence-corrected chi connectivity index (χ3v) is 3.87. The van der Waals surface area contributed by atoms with E-state index in [0.717, 1.165) is 12.8 Å². The summed E-state index contributed by atoms with van der Waals surface area (Å²) in [7, 11) is 1.63. The van der Waals surface area contributed by atoms with E-state index in [-0.39, 0.29) is 29.8 Å². The highest BCUT2D eigenvalue weighted by molar-refractivity contribution is 6.12. The molecule has 2 aliphatic rings. The maximum atomic E-state index is 12.5. The molecule has 0 aromatic rings. The Morgan fingerprint density at radius 2 is 1.86 bits per heavy atom. The lowest BCUT2D eigenvalue weighted by Crippen LogP contribution is -2.55. The van der Waals surface area contributed by atoms with Gasteiger partial charge in [0.05, 0.1) is 18.3 Å². The van der Waals surface area contributed by atoms with Crippen LogP contribution in [0.2, 0.25) is 0 Å². The van der Waals surface area contributed by atoms with Gasteiger partial charge < -0.3 is 19.3 Å². The maximum Gasteiger partial charge on any atom is 0.244 e. The van der Waals surface area contributed by atoms with Crippen molar-refractivity contribution in [3.05, 3.63) is 23.2 Å². The Hall–Kier alpha value is -1.33. The number of ether oxygens (including phenoxy) is 3. The molecule has 0 aromatic carbocycles. The van der Waals surface area contributed by atoms with Crippen molar-refractivity contribution >= 4 is 5.78 Å². The molecule has 0 radical (unpaired) electrons. The van der Waals surface area contributed by atoms with E-state index in [2.05, 4.69) is 0 Å². The molecule has 5 heteroatoms. The fraction of sp³-hybridized carbons (Fsp3) is 0.706. The minimum Gasteiger partial charge on any atom is -0.487 e. The van der Waals surface area contributed by atoms with Crippen molar-refractivity contribution in [2.24, 2.45) is 0 Å². The lowest BCUT2D eigenvalue weighted by atomic mass is 9.73. The van der Waals surface area contributed by atoms with Crippen LogP contribution in [0.4, 0.5) is 0 Å². The highest BCUT2D eigenvalue weighted by atomic mass is 16.6. The van der Waals surface area contributed by atoms with Gasteiger partial charge in [0.25, 0.3) is 0 Å². The van der Waals surface area contributed by atoms with Crippen LogP contribution in [0.3, 0.4) is 0 Å². The molecule has 0 saturated carbocycles. The molecule has 0 saturated heterocycles. The molecule has 0 unspecified atom stereocenters. The highest BCUT2D eigenvalue weighted by Crippen LogP contribution is 2.45. The van der Waals surface area contributed by atoms with E-state index in [9.17, 15) is 9.90 Å². The van der Waals surface area contributed by atoms with E-state index >= 15 is 0 Å². The molecule has 0 fully saturated rings. The van der Waals surface area contributed by atoms with E-state index in [1.807, 2.05) is 33.8 Å². The van der Waals surface area contributed by atoms with Gasteiger partial charge in [0.2, 0.25) is 17.1 Å². The molecule has 0 spiro atoms. The van der Waals surface area contributed by atoms with Gasteiger partial charge in [-0.25, -0.2) is 0 Å². The lowest BCUT2D eigenvalue weighted by Gasteiger charge is -2.42. The molecule has 22 heavy (non-hydrogen) atoms. The Balaban J connectivity index is 2.37. The summed E-state index contributed by atoms with van der Waals surface area (Å²) in [6, 6.07) is 0. The number of hydrogen-bond acceptors (Lipinski definition) is 5. The van der Waals surface area contributed by atoms with Gasteiger partial charge in [-0.2, -0.15) is 0 Å². The van der Waals surface area contributed by atoms with Crippen LogP contribution >= 0.6 is 0 Å². The van der Waals surface area contributed by atoms with Crippen LogP contribution in [-0.2, 0) is 19.0 Å². The van der Waals surface area contributed by atoms with Crippen LogP contribution in [0, 0.1) is 0 Å². The van der Waals surface area contributed by atoms with Gasteiger partial charge in [0.1, 0.15) is 0 Å². The molecule has 0 bridgehead atoms. The number of hydrogen-bond donors (Lipinski definition) is 1. The average Bonchev–Trinajstić information content (AvgIpc) is 2.49. The third-order valence-electron chi connectivity index (χ3n) is 3.87. The average molecular weight is 310 g/mol. The summed E-state index contributed by atoms with van der Waals surface area (Å²) in [5.41, 5.74) is -1.03. The number of aliphatic hydroxyl groups is 1. The van der Waals surface area contributed by atoms with Gasteiger partial charge in [-0.1, -0.05) is 6.08 Å². The van der Waals surface area contributed by atoms with Crippen LogP contribution in [0.1, 0.15) is 47.0 Å². The zero-order valence-electron chi connectivity index (χ0n) is 14.0. The number of rotatable bonds is 6. The molecular formula is C17H26O5. The molecule has 0 aromatic heterocycles. The number of carbonyl (C=O) groups excluding carboxylic acids is 1. The van der Waals surface area contributed by atoms with Gasteiger partial charge in [-0.05, 0) is 52.5 Å². The fourth-order valence-electron chi connectivity index (χ4n) is 2.85. The lowest BCUT2D eigenvalue weighted by molar-refractivity contribution is -0.145. The van der Waals surface area contributed by atoms with Gasteiger partial charge >= 0.3 is 0 Å². The molecular weight excluding hydrogens is 284 g/mol. The topological polar surface area (TPSA) is 65.0 Å². The van der Waals surface area contributed by atoms with Crippen molar-refractivity contribution in [2.45, 2.75) is 70.9 Å². The number of ketones is 1. The first-order chi connectivity index (χ1) is 10.3. The Bertz CT molecular complexity index is 503. The van der Waals surface area contributed by atoms with Gasteiger partial charge in [0.15, 0.2) is 5.76 Å². The fourth-order valence-corrected chi connectivity index (χ4v) is 2.85. The van der Waals surface area contributed by atoms with Crippen LogP contribution in [0.5, 0.6) is 0 Å². The molecule has 2 atom stereocenters. The van der Waals surface area contributed by atoms with E-state index in [4.69, 9.17) is 14.2 Å². The highest BCUT2D eigenvalue weighted by Gasteiger charge is 2.59. The van der Waals surface area contributed by atoms with Gasteiger partial charge in [-0.3, -0.25) is 4.79 Å². The van der Waals surface area contributed by atoms with Crippen LogP contribution < -0.4 is 0 Å². The number of methoxy groups -OCH3 is 1. The normalized spacial score (nSPS) is 28.8.